The molecular formula is C27H30N4O. The summed E-state index contributed by atoms with van der Waals surface area (Å²) in [6.07, 6.45) is 3.85. The number of Topliss-reactive ketones (excluding diaryl/α,β-unsaturated/α-hetero) is 1. The highest BCUT2D eigenvalue weighted by Crippen LogP contribution is 2.54. The molecule has 0 amide bonds. The number of aryl methyl sites for hydroxylation is 2. The molecule has 3 heterocycles. The molecule has 0 saturated heterocycles. The van der Waals surface area contributed by atoms with Crippen LogP contribution < -0.4 is 5.32 Å². The van der Waals surface area contributed by atoms with Gasteiger partial charge in [0.25, 0.3) is 0 Å². The van der Waals surface area contributed by atoms with Gasteiger partial charge in [0.15, 0.2) is 11.9 Å². The van der Waals surface area contributed by atoms with Crippen LogP contribution in [0.25, 0.3) is 11.1 Å². The fraction of sp³-hybridized carbons (Fsp3) is 0.407. The van der Waals surface area contributed by atoms with Gasteiger partial charge in [-0.05, 0) is 67.0 Å². The maximum absolute atomic E-state index is 13.6. The SMILES string of the molecule is CC[C@@]1(c2cccc(-c3cc(C)nc(C)c3)c2)C2=CN=NC2NC2=C1C(=O)CC(C)(C)C2. The molecule has 2 atom stereocenters. The molecule has 164 valence electrons. The van der Waals surface area contributed by atoms with Gasteiger partial charge in [-0.1, -0.05) is 39.0 Å². The minimum atomic E-state index is -0.518. The summed E-state index contributed by atoms with van der Waals surface area (Å²) in [4.78, 5) is 18.2. The topological polar surface area (TPSA) is 66.7 Å². The van der Waals surface area contributed by atoms with Crippen LogP contribution in [0, 0.1) is 19.3 Å². The number of ketones is 1. The van der Waals surface area contributed by atoms with Gasteiger partial charge in [0.05, 0.1) is 11.6 Å². The van der Waals surface area contributed by atoms with E-state index in [9.17, 15) is 4.79 Å². The molecule has 3 aliphatic rings. The number of allylic oxidation sites excluding steroid dienone is 2. The lowest BCUT2D eigenvalue weighted by Gasteiger charge is -2.47. The molecule has 0 radical (unpaired) electrons. The fourth-order valence-corrected chi connectivity index (χ4v) is 5.86. The predicted octanol–water partition coefficient (Wildman–Crippen LogP) is 5.94. The minimum absolute atomic E-state index is 0.0622. The van der Waals surface area contributed by atoms with Crippen molar-refractivity contribution in [2.45, 2.75) is 65.5 Å². The Balaban J connectivity index is 1.73. The normalized spacial score (nSPS) is 25.8. The maximum Gasteiger partial charge on any atom is 0.164 e. The Labute approximate surface area is 189 Å². The van der Waals surface area contributed by atoms with E-state index in [1.807, 2.05) is 20.0 Å². The number of hydrogen-bond donors (Lipinski definition) is 1. The third kappa shape index (κ3) is 3.14. The molecule has 1 N–H and O–H groups in total. The molecule has 0 bridgehead atoms. The molecule has 0 saturated carbocycles. The monoisotopic (exact) mass is 426 g/mol. The van der Waals surface area contributed by atoms with E-state index in [1.54, 1.807) is 0 Å². The number of benzene rings is 1. The molecule has 5 rings (SSSR count). The number of hydrogen-bond acceptors (Lipinski definition) is 5. The smallest absolute Gasteiger partial charge is 0.164 e. The lowest BCUT2D eigenvalue weighted by molar-refractivity contribution is -0.119. The number of rotatable bonds is 3. The van der Waals surface area contributed by atoms with E-state index < -0.39 is 5.41 Å². The number of azo groups is 1. The summed E-state index contributed by atoms with van der Waals surface area (Å²) in [5.74, 6) is 0.234. The van der Waals surface area contributed by atoms with Gasteiger partial charge in [0.1, 0.15) is 0 Å². The van der Waals surface area contributed by atoms with Crippen molar-refractivity contribution in [3.63, 3.8) is 0 Å². The van der Waals surface area contributed by atoms with Crippen LogP contribution in [0.5, 0.6) is 0 Å². The first kappa shape index (κ1) is 20.8. The Hall–Kier alpha value is -3.08. The maximum atomic E-state index is 13.6. The number of carbonyl (C=O) groups is 1. The number of pyridine rings is 1. The van der Waals surface area contributed by atoms with Crippen LogP contribution in [0.3, 0.4) is 0 Å². The summed E-state index contributed by atoms with van der Waals surface area (Å²) in [5.41, 5.74) is 7.87. The molecular weight excluding hydrogens is 396 g/mol. The Kier molecular flexibility index (Phi) is 4.70. The highest BCUT2D eigenvalue weighted by Gasteiger charge is 2.52. The van der Waals surface area contributed by atoms with Gasteiger partial charge in [-0.15, -0.1) is 0 Å². The van der Waals surface area contributed by atoms with Crippen LogP contribution in [-0.4, -0.2) is 16.9 Å². The van der Waals surface area contributed by atoms with E-state index in [4.69, 9.17) is 0 Å². The van der Waals surface area contributed by atoms with Gasteiger partial charge < -0.3 is 5.32 Å². The highest BCUT2D eigenvalue weighted by molar-refractivity contribution is 6.01. The number of fused-ring (bicyclic) bond motifs is 1. The van der Waals surface area contributed by atoms with Gasteiger partial charge in [-0.25, -0.2) is 0 Å². The lowest BCUT2D eigenvalue weighted by atomic mass is 9.58. The van der Waals surface area contributed by atoms with Gasteiger partial charge in [0.2, 0.25) is 0 Å². The van der Waals surface area contributed by atoms with Crippen LogP contribution in [0.1, 0.15) is 57.0 Å². The van der Waals surface area contributed by atoms with Crippen molar-refractivity contribution in [2.75, 3.05) is 0 Å². The predicted molar refractivity (Wildman–Crippen MR) is 126 cm³/mol. The Morgan fingerprint density at radius 2 is 1.81 bits per heavy atom. The van der Waals surface area contributed by atoms with Gasteiger partial charge >= 0.3 is 0 Å². The quantitative estimate of drug-likeness (QED) is 0.661. The zero-order chi connectivity index (χ0) is 22.7. The van der Waals surface area contributed by atoms with Gasteiger partial charge in [-0.2, -0.15) is 10.2 Å². The Morgan fingerprint density at radius 3 is 2.53 bits per heavy atom. The largest absolute Gasteiger partial charge is 0.362 e. The van der Waals surface area contributed by atoms with E-state index in [0.29, 0.717) is 6.42 Å². The summed E-state index contributed by atoms with van der Waals surface area (Å²) in [5, 5.41) is 12.3. The second-order valence-electron chi connectivity index (χ2n) is 10.1. The lowest BCUT2D eigenvalue weighted by Crippen LogP contribution is -2.51. The van der Waals surface area contributed by atoms with Crippen LogP contribution in [0.2, 0.25) is 0 Å². The van der Waals surface area contributed by atoms with E-state index >= 15 is 0 Å². The molecule has 2 aromatic rings. The van der Waals surface area contributed by atoms with Gasteiger partial charge in [0, 0.05) is 34.7 Å². The molecule has 32 heavy (non-hydrogen) atoms. The molecule has 1 aromatic carbocycles. The van der Waals surface area contributed by atoms with E-state index in [0.717, 1.165) is 57.8 Å². The van der Waals surface area contributed by atoms with Crippen molar-refractivity contribution in [1.82, 2.24) is 10.3 Å². The summed E-state index contributed by atoms with van der Waals surface area (Å²) in [7, 11) is 0. The average molecular weight is 427 g/mol. The van der Waals surface area contributed by atoms with E-state index in [1.165, 1.54) is 0 Å². The molecule has 5 nitrogen and oxygen atoms in total. The van der Waals surface area contributed by atoms with Crippen molar-refractivity contribution < 1.29 is 4.79 Å². The van der Waals surface area contributed by atoms with Crippen LogP contribution in [-0.2, 0) is 10.2 Å². The Morgan fingerprint density at radius 1 is 1.06 bits per heavy atom. The fourth-order valence-electron chi connectivity index (χ4n) is 5.86. The zero-order valence-electron chi connectivity index (χ0n) is 19.5. The molecule has 0 fully saturated rings. The third-order valence-electron chi connectivity index (χ3n) is 7.08. The van der Waals surface area contributed by atoms with Crippen LogP contribution in [0.4, 0.5) is 0 Å². The zero-order valence-corrected chi connectivity index (χ0v) is 19.5. The van der Waals surface area contributed by atoms with E-state index in [-0.39, 0.29) is 17.4 Å². The third-order valence-corrected chi connectivity index (χ3v) is 7.08. The second-order valence-corrected chi connectivity index (χ2v) is 10.1. The molecule has 0 spiro atoms. The summed E-state index contributed by atoms with van der Waals surface area (Å²) in [6.45, 7) is 10.6. The number of carbonyl (C=O) groups excluding carboxylic acids is 1. The molecule has 1 aromatic heterocycles. The number of nitrogens with zero attached hydrogens (tertiary/aromatic N) is 3. The van der Waals surface area contributed by atoms with Crippen molar-refractivity contribution in [3.05, 3.63) is 76.4 Å². The highest BCUT2D eigenvalue weighted by atomic mass is 16.1. The standard InChI is InChI=1S/C27H30N4O/c1-6-27(20-9-7-8-18(12-20)19-10-16(2)29-17(3)11-19)21-15-28-31-25(21)30-22-13-26(4,5)14-23(32)24(22)27/h7-12,15,25,30H,6,13-14H2,1-5H3/t25?,27-/m1/s1. The summed E-state index contributed by atoms with van der Waals surface area (Å²) in [6, 6.07) is 12.9. The second kappa shape index (κ2) is 7.22. The summed E-state index contributed by atoms with van der Waals surface area (Å²) < 4.78 is 0. The molecule has 5 heteroatoms. The first-order valence-electron chi connectivity index (χ1n) is 11.4. The van der Waals surface area contributed by atoms with Crippen LogP contribution >= 0.6 is 0 Å². The van der Waals surface area contributed by atoms with Crippen molar-refractivity contribution in [1.29, 1.82) is 0 Å². The Bertz CT molecular complexity index is 1200. The molecule has 1 aliphatic carbocycles. The molecule has 2 aliphatic heterocycles. The van der Waals surface area contributed by atoms with Crippen molar-refractivity contribution >= 4 is 5.78 Å². The van der Waals surface area contributed by atoms with Gasteiger partial charge in [-0.3, -0.25) is 9.78 Å². The average Bonchev–Trinajstić information content (AvgIpc) is 3.19. The first-order chi connectivity index (χ1) is 15.2. The van der Waals surface area contributed by atoms with E-state index in [2.05, 4.69) is 77.7 Å². The minimum Gasteiger partial charge on any atom is -0.362 e. The number of aromatic nitrogens is 1. The van der Waals surface area contributed by atoms with Crippen molar-refractivity contribution in [2.24, 2.45) is 15.6 Å². The summed E-state index contributed by atoms with van der Waals surface area (Å²) >= 11 is 0. The number of nitrogens with one attached hydrogen (secondary N) is 1. The molecule has 1 unspecified atom stereocenters. The first-order valence-corrected chi connectivity index (χ1v) is 11.4. The van der Waals surface area contributed by atoms with Crippen LogP contribution in [0.15, 0.2) is 69.7 Å². The van der Waals surface area contributed by atoms with Crippen molar-refractivity contribution in [3.8, 4) is 11.1 Å².